The Morgan fingerprint density at radius 2 is 1.84 bits per heavy atom. The molecule has 1 saturated heterocycles. The Balaban J connectivity index is 2.31. The van der Waals surface area contributed by atoms with Gasteiger partial charge in [-0.1, -0.05) is 30.3 Å². The molecule has 0 spiro atoms. The largest absolute Gasteiger partial charge is 0.369 e. The van der Waals surface area contributed by atoms with Crippen LogP contribution in [0.15, 0.2) is 46.6 Å². The summed E-state index contributed by atoms with van der Waals surface area (Å²) in [6.07, 6.45) is 1.68. The van der Waals surface area contributed by atoms with Crippen LogP contribution in [-0.2, 0) is 11.3 Å². The molecular weight excluding hydrogens is 314 g/mol. The second-order valence-corrected chi connectivity index (χ2v) is 6.45. The first-order valence-electron chi connectivity index (χ1n) is 8.33. The summed E-state index contributed by atoms with van der Waals surface area (Å²) in [5, 5.41) is 9.58. The molecule has 0 aliphatic carbocycles. The third-order valence-electron chi connectivity index (χ3n) is 4.06. The van der Waals surface area contributed by atoms with Gasteiger partial charge in [0.15, 0.2) is 0 Å². The van der Waals surface area contributed by atoms with E-state index in [0.29, 0.717) is 12.5 Å². The molecule has 1 aliphatic rings. The van der Waals surface area contributed by atoms with Gasteiger partial charge in [-0.15, -0.1) is 0 Å². The predicted octanol–water partition coefficient (Wildman–Crippen LogP) is 2.07. The van der Waals surface area contributed by atoms with E-state index in [0.717, 1.165) is 30.6 Å². The van der Waals surface area contributed by atoms with Crippen LogP contribution >= 0.6 is 0 Å². The molecule has 0 bridgehead atoms. The van der Waals surface area contributed by atoms with Crippen molar-refractivity contribution in [2.75, 3.05) is 34.7 Å². The summed E-state index contributed by atoms with van der Waals surface area (Å²) in [7, 11) is 7.29. The highest BCUT2D eigenvalue weighted by molar-refractivity contribution is 6.05. The smallest absolute Gasteiger partial charge is 0.292 e. The van der Waals surface area contributed by atoms with Crippen LogP contribution in [-0.4, -0.2) is 61.3 Å². The van der Waals surface area contributed by atoms with Crippen LogP contribution in [0.5, 0.6) is 0 Å². The van der Waals surface area contributed by atoms with E-state index in [1.165, 1.54) is 0 Å². The molecule has 1 heterocycles. The number of carbonyl (C=O) groups is 1. The number of rotatable bonds is 3. The van der Waals surface area contributed by atoms with Gasteiger partial charge in [0.25, 0.3) is 5.91 Å². The second-order valence-electron chi connectivity index (χ2n) is 6.45. The number of allylic oxidation sites excluding steroid dienone is 1. The molecule has 0 unspecified atom stereocenters. The van der Waals surface area contributed by atoms with Gasteiger partial charge in [0.05, 0.1) is 0 Å². The Morgan fingerprint density at radius 3 is 2.40 bits per heavy atom. The SMILES string of the molecule is CN(C)C(=NC(=O)/C(C#N)=C1\CCCN1Cc1ccccc1)N(C)C. The lowest BCUT2D eigenvalue weighted by molar-refractivity contribution is -0.114. The van der Waals surface area contributed by atoms with Crippen molar-refractivity contribution < 1.29 is 4.79 Å². The van der Waals surface area contributed by atoms with Crippen molar-refractivity contribution in [1.82, 2.24) is 14.7 Å². The number of benzene rings is 1. The van der Waals surface area contributed by atoms with E-state index in [2.05, 4.69) is 28.1 Å². The van der Waals surface area contributed by atoms with Gasteiger partial charge in [0, 0.05) is 47.0 Å². The van der Waals surface area contributed by atoms with E-state index in [9.17, 15) is 10.1 Å². The molecule has 132 valence electrons. The normalized spacial score (nSPS) is 15.4. The molecule has 0 saturated carbocycles. The molecule has 1 aliphatic heterocycles. The fraction of sp³-hybridized carbons (Fsp3) is 0.421. The van der Waals surface area contributed by atoms with Crippen LogP contribution in [0.4, 0.5) is 0 Å². The quantitative estimate of drug-likeness (QED) is 0.365. The molecule has 1 fully saturated rings. The molecule has 2 rings (SSSR count). The minimum Gasteiger partial charge on any atom is -0.369 e. The highest BCUT2D eigenvalue weighted by atomic mass is 16.1. The summed E-state index contributed by atoms with van der Waals surface area (Å²) in [6.45, 7) is 1.55. The number of hydrogen-bond donors (Lipinski definition) is 0. The standard InChI is InChI=1S/C19H25N5O/c1-22(2)19(23(3)4)21-18(25)16(13-20)17-11-8-12-24(17)14-15-9-6-5-7-10-15/h5-7,9-10H,8,11-12,14H2,1-4H3/b17-16+. The number of carbonyl (C=O) groups excluding carboxylic acids is 1. The lowest BCUT2D eigenvalue weighted by atomic mass is 10.1. The van der Waals surface area contributed by atoms with Gasteiger partial charge >= 0.3 is 0 Å². The summed E-state index contributed by atoms with van der Waals surface area (Å²) in [5.74, 6) is 0.0424. The number of guanidine groups is 1. The molecule has 1 aromatic carbocycles. The highest BCUT2D eigenvalue weighted by Gasteiger charge is 2.25. The molecule has 6 heteroatoms. The number of likely N-dealkylation sites (tertiary alicyclic amines) is 1. The minimum absolute atomic E-state index is 0.148. The van der Waals surface area contributed by atoms with Crippen LogP contribution < -0.4 is 0 Å². The average molecular weight is 339 g/mol. The van der Waals surface area contributed by atoms with E-state index in [-0.39, 0.29) is 5.57 Å². The Kier molecular flexibility index (Phi) is 6.18. The van der Waals surface area contributed by atoms with Crippen LogP contribution in [0.1, 0.15) is 18.4 Å². The van der Waals surface area contributed by atoms with Crippen molar-refractivity contribution in [2.24, 2.45) is 4.99 Å². The van der Waals surface area contributed by atoms with E-state index < -0.39 is 5.91 Å². The Bertz CT molecular complexity index is 703. The molecule has 0 atom stereocenters. The summed E-state index contributed by atoms with van der Waals surface area (Å²) in [4.78, 5) is 22.4. The first-order chi connectivity index (χ1) is 11.9. The Morgan fingerprint density at radius 1 is 1.20 bits per heavy atom. The molecule has 6 nitrogen and oxygen atoms in total. The predicted molar refractivity (Wildman–Crippen MR) is 98.5 cm³/mol. The zero-order valence-electron chi connectivity index (χ0n) is 15.4. The van der Waals surface area contributed by atoms with Gasteiger partial charge < -0.3 is 14.7 Å². The summed E-state index contributed by atoms with van der Waals surface area (Å²) < 4.78 is 0. The van der Waals surface area contributed by atoms with Crippen molar-refractivity contribution in [2.45, 2.75) is 19.4 Å². The lowest BCUT2D eigenvalue weighted by Crippen LogP contribution is -2.36. The first-order valence-corrected chi connectivity index (χ1v) is 8.33. The third-order valence-corrected chi connectivity index (χ3v) is 4.06. The van der Waals surface area contributed by atoms with E-state index in [1.54, 1.807) is 9.80 Å². The molecular formula is C19H25N5O. The van der Waals surface area contributed by atoms with Gasteiger partial charge in [-0.05, 0) is 18.4 Å². The zero-order valence-corrected chi connectivity index (χ0v) is 15.4. The lowest BCUT2D eigenvalue weighted by Gasteiger charge is -2.23. The molecule has 0 radical (unpaired) electrons. The number of aliphatic imine (C=N–C) groups is 1. The van der Waals surface area contributed by atoms with Crippen molar-refractivity contribution in [3.05, 3.63) is 47.2 Å². The highest BCUT2D eigenvalue weighted by Crippen LogP contribution is 2.26. The average Bonchev–Trinajstić information content (AvgIpc) is 3.01. The third kappa shape index (κ3) is 4.60. The monoisotopic (exact) mass is 339 g/mol. The topological polar surface area (TPSA) is 62.9 Å². The molecule has 0 N–H and O–H groups in total. The van der Waals surface area contributed by atoms with Crippen molar-refractivity contribution >= 4 is 11.9 Å². The van der Waals surface area contributed by atoms with Crippen LogP contribution in [0.3, 0.4) is 0 Å². The first kappa shape index (κ1) is 18.5. The van der Waals surface area contributed by atoms with E-state index in [1.807, 2.05) is 46.4 Å². The summed E-state index contributed by atoms with van der Waals surface area (Å²) in [5.41, 5.74) is 2.11. The summed E-state index contributed by atoms with van der Waals surface area (Å²) >= 11 is 0. The van der Waals surface area contributed by atoms with Crippen LogP contribution in [0.2, 0.25) is 0 Å². The van der Waals surface area contributed by atoms with E-state index in [4.69, 9.17) is 0 Å². The number of nitriles is 1. The maximum Gasteiger partial charge on any atom is 0.292 e. The summed E-state index contributed by atoms with van der Waals surface area (Å²) in [6, 6.07) is 12.2. The van der Waals surface area contributed by atoms with Crippen molar-refractivity contribution in [3.8, 4) is 6.07 Å². The fourth-order valence-corrected chi connectivity index (χ4v) is 2.97. The van der Waals surface area contributed by atoms with Gasteiger partial charge in [-0.25, -0.2) is 0 Å². The Hall–Kier alpha value is -2.81. The molecule has 1 aromatic rings. The van der Waals surface area contributed by atoms with Gasteiger partial charge in [0.1, 0.15) is 11.6 Å². The molecule has 0 aromatic heterocycles. The number of amides is 1. The van der Waals surface area contributed by atoms with Crippen molar-refractivity contribution in [3.63, 3.8) is 0 Å². The fourth-order valence-electron chi connectivity index (χ4n) is 2.97. The minimum atomic E-state index is -0.477. The van der Waals surface area contributed by atoms with Gasteiger partial charge in [0.2, 0.25) is 5.96 Å². The maximum absolute atomic E-state index is 12.6. The van der Waals surface area contributed by atoms with Crippen molar-refractivity contribution in [1.29, 1.82) is 5.26 Å². The zero-order chi connectivity index (χ0) is 18.4. The van der Waals surface area contributed by atoms with Crippen LogP contribution in [0, 0.1) is 11.3 Å². The van der Waals surface area contributed by atoms with E-state index >= 15 is 0 Å². The number of nitrogens with zero attached hydrogens (tertiary/aromatic N) is 5. The second kappa shape index (κ2) is 8.34. The van der Waals surface area contributed by atoms with Gasteiger partial charge in [-0.2, -0.15) is 10.3 Å². The van der Waals surface area contributed by atoms with Gasteiger partial charge in [-0.3, -0.25) is 4.79 Å². The molecule has 1 amide bonds. The van der Waals surface area contributed by atoms with Crippen LogP contribution in [0.25, 0.3) is 0 Å². The Labute approximate surface area is 149 Å². The molecule has 25 heavy (non-hydrogen) atoms. The maximum atomic E-state index is 12.6. The number of hydrogen-bond acceptors (Lipinski definition) is 3.